The van der Waals surface area contributed by atoms with Gasteiger partial charge in [0.15, 0.2) is 5.75 Å². The first-order valence-electron chi connectivity index (χ1n) is 6.93. The van der Waals surface area contributed by atoms with Crippen LogP contribution in [0.1, 0.15) is 31.5 Å². The molecule has 0 amide bonds. The molecule has 5 heteroatoms. The number of likely N-dealkylation sites (N-methyl/N-ethyl adjacent to an activating group) is 1. The molecule has 108 valence electrons. The highest BCUT2D eigenvalue weighted by Gasteiger charge is 2.47. The van der Waals surface area contributed by atoms with E-state index in [1.165, 1.54) is 18.5 Å². The number of aromatic nitrogens is 2. The highest BCUT2D eigenvalue weighted by atomic mass is 16.5. The molecule has 19 heavy (non-hydrogen) atoms. The molecule has 1 saturated carbocycles. The molecule has 1 aromatic heterocycles. The molecule has 2 rings (SSSR count). The first-order valence-corrected chi connectivity index (χ1v) is 6.93. The van der Waals surface area contributed by atoms with Gasteiger partial charge >= 0.3 is 0 Å². The summed E-state index contributed by atoms with van der Waals surface area (Å²) < 4.78 is 7.59. The van der Waals surface area contributed by atoms with E-state index in [2.05, 4.69) is 41.0 Å². The minimum absolute atomic E-state index is 0.312. The van der Waals surface area contributed by atoms with Gasteiger partial charge in [0.25, 0.3) is 0 Å². The van der Waals surface area contributed by atoms with Gasteiger partial charge in [-0.05, 0) is 39.4 Å². The van der Waals surface area contributed by atoms with E-state index in [4.69, 9.17) is 4.74 Å². The highest BCUT2D eigenvalue weighted by molar-refractivity contribution is 5.31. The number of hydrogen-bond acceptors (Lipinski definition) is 4. The number of ether oxygens (including phenoxy) is 1. The molecule has 5 nitrogen and oxygen atoms in total. The summed E-state index contributed by atoms with van der Waals surface area (Å²) in [6, 6.07) is 0.312. The largest absolute Gasteiger partial charge is 0.493 e. The second-order valence-electron chi connectivity index (χ2n) is 6.00. The third kappa shape index (κ3) is 2.92. The van der Waals surface area contributed by atoms with Crippen LogP contribution in [0.2, 0.25) is 0 Å². The van der Waals surface area contributed by atoms with Crippen molar-refractivity contribution in [3.63, 3.8) is 0 Å². The predicted molar refractivity (Wildman–Crippen MR) is 76.5 cm³/mol. The van der Waals surface area contributed by atoms with Gasteiger partial charge in [-0.1, -0.05) is 6.92 Å². The van der Waals surface area contributed by atoms with Gasteiger partial charge in [0, 0.05) is 6.54 Å². The van der Waals surface area contributed by atoms with Crippen LogP contribution in [0.25, 0.3) is 0 Å². The number of methoxy groups -OCH3 is 1. The molecule has 1 aromatic rings. The van der Waals surface area contributed by atoms with Crippen molar-refractivity contribution in [1.82, 2.24) is 20.0 Å². The summed E-state index contributed by atoms with van der Waals surface area (Å²) in [4.78, 5) is 2.17. The zero-order valence-electron chi connectivity index (χ0n) is 12.7. The van der Waals surface area contributed by atoms with E-state index < -0.39 is 0 Å². The summed E-state index contributed by atoms with van der Waals surface area (Å²) >= 11 is 0. The Kier molecular flexibility index (Phi) is 4.16. The fourth-order valence-electron chi connectivity index (χ4n) is 2.60. The standard InChI is InChI=1S/C14H26N4O/c1-14(6-7-14)13(15-2)12-11(19-5)10-16-18(12)9-8-17(3)4/h10,13,15H,6-9H2,1-5H3. The van der Waals surface area contributed by atoms with Crippen molar-refractivity contribution in [2.24, 2.45) is 5.41 Å². The summed E-state index contributed by atoms with van der Waals surface area (Å²) in [5.74, 6) is 0.895. The van der Waals surface area contributed by atoms with Crippen molar-refractivity contribution < 1.29 is 4.74 Å². The molecule has 1 atom stereocenters. The Morgan fingerprint density at radius 2 is 2.21 bits per heavy atom. The number of rotatable bonds is 7. The van der Waals surface area contributed by atoms with Crippen LogP contribution in [0.5, 0.6) is 5.75 Å². The molecular weight excluding hydrogens is 240 g/mol. The normalized spacial score (nSPS) is 18.6. The van der Waals surface area contributed by atoms with Crippen molar-refractivity contribution in [2.75, 3.05) is 34.8 Å². The van der Waals surface area contributed by atoms with Crippen LogP contribution >= 0.6 is 0 Å². The van der Waals surface area contributed by atoms with Gasteiger partial charge in [0.2, 0.25) is 0 Å². The van der Waals surface area contributed by atoms with Crippen molar-refractivity contribution in [1.29, 1.82) is 0 Å². The molecule has 0 saturated heterocycles. The van der Waals surface area contributed by atoms with Crippen molar-refractivity contribution in [3.05, 3.63) is 11.9 Å². The van der Waals surface area contributed by atoms with E-state index in [0.717, 1.165) is 18.8 Å². The minimum atomic E-state index is 0.312. The van der Waals surface area contributed by atoms with E-state index in [9.17, 15) is 0 Å². The van der Waals surface area contributed by atoms with E-state index >= 15 is 0 Å². The Bertz CT molecular complexity index is 423. The Labute approximate surface area is 115 Å². The molecule has 0 bridgehead atoms. The van der Waals surface area contributed by atoms with E-state index in [1.54, 1.807) is 7.11 Å². The van der Waals surface area contributed by atoms with Crippen LogP contribution < -0.4 is 10.1 Å². The van der Waals surface area contributed by atoms with Gasteiger partial charge in [0.1, 0.15) is 0 Å². The molecule has 0 aliphatic heterocycles. The van der Waals surface area contributed by atoms with Gasteiger partial charge in [0.05, 0.1) is 31.6 Å². The smallest absolute Gasteiger partial charge is 0.161 e. The van der Waals surface area contributed by atoms with Gasteiger partial charge in [-0.15, -0.1) is 0 Å². The minimum Gasteiger partial charge on any atom is -0.493 e. The lowest BCUT2D eigenvalue weighted by molar-refractivity contribution is 0.321. The van der Waals surface area contributed by atoms with Gasteiger partial charge in [-0.3, -0.25) is 4.68 Å². The molecule has 0 aromatic carbocycles. The molecule has 1 heterocycles. The SMILES string of the molecule is CNC(c1c(OC)cnn1CCN(C)C)C1(C)CC1. The Morgan fingerprint density at radius 1 is 1.53 bits per heavy atom. The third-order valence-corrected chi connectivity index (χ3v) is 4.12. The van der Waals surface area contributed by atoms with Gasteiger partial charge in [-0.25, -0.2) is 0 Å². The molecule has 1 aliphatic carbocycles. The fraction of sp³-hybridized carbons (Fsp3) is 0.786. The van der Waals surface area contributed by atoms with Crippen LogP contribution in [-0.2, 0) is 6.54 Å². The fourth-order valence-corrected chi connectivity index (χ4v) is 2.60. The van der Waals surface area contributed by atoms with Crippen LogP contribution in [0.3, 0.4) is 0 Å². The quantitative estimate of drug-likeness (QED) is 0.812. The topological polar surface area (TPSA) is 42.3 Å². The first-order chi connectivity index (χ1) is 9.01. The van der Waals surface area contributed by atoms with E-state index in [0.29, 0.717) is 11.5 Å². The average molecular weight is 266 g/mol. The highest BCUT2D eigenvalue weighted by Crippen LogP contribution is 2.55. The molecule has 0 radical (unpaired) electrons. The maximum atomic E-state index is 5.50. The lowest BCUT2D eigenvalue weighted by Crippen LogP contribution is -2.29. The molecule has 0 spiro atoms. The maximum Gasteiger partial charge on any atom is 0.161 e. The van der Waals surface area contributed by atoms with Crippen LogP contribution in [-0.4, -0.2) is 49.5 Å². The van der Waals surface area contributed by atoms with Crippen LogP contribution in [0.4, 0.5) is 0 Å². The number of nitrogens with zero attached hydrogens (tertiary/aromatic N) is 3. The predicted octanol–water partition coefficient (Wildman–Crippen LogP) is 1.51. The molecule has 1 fully saturated rings. The van der Waals surface area contributed by atoms with E-state index in [-0.39, 0.29) is 0 Å². The molecular formula is C14H26N4O. The number of nitrogens with one attached hydrogen (secondary N) is 1. The molecule has 1 N–H and O–H groups in total. The van der Waals surface area contributed by atoms with Crippen molar-refractivity contribution >= 4 is 0 Å². The monoisotopic (exact) mass is 266 g/mol. The first kappa shape index (κ1) is 14.3. The third-order valence-electron chi connectivity index (χ3n) is 4.12. The lowest BCUT2D eigenvalue weighted by Gasteiger charge is -2.25. The maximum absolute atomic E-state index is 5.50. The zero-order valence-corrected chi connectivity index (χ0v) is 12.7. The Balaban J connectivity index is 2.27. The number of hydrogen-bond donors (Lipinski definition) is 1. The van der Waals surface area contributed by atoms with Crippen LogP contribution in [0.15, 0.2) is 6.20 Å². The van der Waals surface area contributed by atoms with Crippen molar-refractivity contribution in [3.8, 4) is 5.75 Å². The van der Waals surface area contributed by atoms with E-state index in [1.807, 2.05) is 13.2 Å². The summed E-state index contributed by atoms with van der Waals surface area (Å²) in [6.07, 6.45) is 4.36. The van der Waals surface area contributed by atoms with Gasteiger partial charge in [-0.2, -0.15) is 5.10 Å². The Hall–Kier alpha value is -1.07. The summed E-state index contributed by atoms with van der Waals surface area (Å²) in [7, 11) is 7.91. The van der Waals surface area contributed by atoms with Crippen LogP contribution in [0, 0.1) is 5.41 Å². The van der Waals surface area contributed by atoms with Crippen molar-refractivity contribution in [2.45, 2.75) is 32.4 Å². The second kappa shape index (κ2) is 5.51. The summed E-state index contributed by atoms with van der Waals surface area (Å²) in [6.45, 7) is 4.20. The molecule has 1 aliphatic rings. The average Bonchev–Trinajstić information content (AvgIpc) is 2.98. The molecule has 1 unspecified atom stereocenters. The zero-order chi connectivity index (χ0) is 14.0. The van der Waals surface area contributed by atoms with Gasteiger partial charge < -0.3 is 15.0 Å². The lowest BCUT2D eigenvalue weighted by atomic mass is 9.95. The summed E-state index contributed by atoms with van der Waals surface area (Å²) in [5, 5.41) is 7.95. The summed E-state index contributed by atoms with van der Waals surface area (Å²) in [5.41, 5.74) is 1.53. The Morgan fingerprint density at radius 3 is 2.68 bits per heavy atom. The second-order valence-corrected chi connectivity index (χ2v) is 6.00.